The molecule has 1 heterocycles. The molecule has 0 bridgehead atoms. The van der Waals surface area contributed by atoms with Gasteiger partial charge in [0, 0.05) is 18.7 Å². The lowest BCUT2D eigenvalue weighted by Crippen LogP contribution is -2.26. The van der Waals surface area contributed by atoms with Crippen LogP contribution in [0.5, 0.6) is 0 Å². The number of hydrogen-bond acceptors (Lipinski definition) is 3. The van der Waals surface area contributed by atoms with Gasteiger partial charge in [0.2, 0.25) is 0 Å². The van der Waals surface area contributed by atoms with Gasteiger partial charge < -0.3 is 4.84 Å². The Hall–Kier alpha value is -0.870. The van der Waals surface area contributed by atoms with Gasteiger partial charge in [-0.15, -0.1) is 0 Å². The van der Waals surface area contributed by atoms with E-state index in [0.717, 1.165) is 5.69 Å². The molecule has 0 aliphatic heterocycles. The van der Waals surface area contributed by atoms with Crippen LogP contribution in [0.1, 0.15) is 19.5 Å². The highest BCUT2D eigenvalue weighted by molar-refractivity contribution is 5.11. The van der Waals surface area contributed by atoms with Crippen LogP contribution >= 0.6 is 0 Å². The fraction of sp³-hybridized carbons (Fsp3) is 0.625. The zero-order chi connectivity index (χ0) is 9.19. The molecule has 68 valence electrons. The summed E-state index contributed by atoms with van der Waals surface area (Å²) in [5.41, 5.74) is 0.881. The lowest BCUT2D eigenvalue weighted by molar-refractivity contribution is 0.0947. The minimum Gasteiger partial charge on any atom is -0.304 e. The van der Waals surface area contributed by atoms with E-state index in [0.29, 0.717) is 6.61 Å². The predicted octanol–water partition coefficient (Wildman–Crippen LogP) is 0.588. The van der Waals surface area contributed by atoms with Crippen LogP contribution in [0.3, 0.4) is 0 Å². The third-order valence-corrected chi connectivity index (χ3v) is 1.85. The molecular formula is C8H15N3O. The van der Waals surface area contributed by atoms with E-state index in [9.17, 15) is 0 Å². The first kappa shape index (κ1) is 9.22. The molecule has 0 aromatic carbocycles. The van der Waals surface area contributed by atoms with Gasteiger partial charge >= 0.3 is 0 Å². The smallest absolute Gasteiger partial charge is 0.0786 e. The summed E-state index contributed by atoms with van der Waals surface area (Å²) >= 11 is 0. The molecule has 0 fully saturated rings. The average molecular weight is 169 g/mol. The van der Waals surface area contributed by atoms with Crippen molar-refractivity contribution >= 4 is 0 Å². The standard InChI is InChI=1S/C8H15N3O/c1-8(2,6-12-9)7-4-5-11(3)10-7/h4-5H,6,9H2,1-3H3. The van der Waals surface area contributed by atoms with E-state index in [1.54, 1.807) is 4.68 Å². The molecule has 0 unspecified atom stereocenters. The molecule has 1 aromatic heterocycles. The summed E-state index contributed by atoms with van der Waals surface area (Å²) in [6.07, 6.45) is 1.91. The molecular weight excluding hydrogens is 154 g/mol. The van der Waals surface area contributed by atoms with Crippen molar-refractivity contribution in [3.8, 4) is 0 Å². The van der Waals surface area contributed by atoms with E-state index in [1.807, 2.05) is 33.2 Å². The zero-order valence-corrected chi connectivity index (χ0v) is 7.74. The van der Waals surface area contributed by atoms with Crippen LogP contribution in [0.25, 0.3) is 0 Å². The van der Waals surface area contributed by atoms with Crippen molar-refractivity contribution in [1.29, 1.82) is 0 Å². The van der Waals surface area contributed by atoms with Crippen molar-refractivity contribution in [2.75, 3.05) is 6.61 Å². The number of aryl methyl sites for hydroxylation is 1. The van der Waals surface area contributed by atoms with Crippen LogP contribution in [-0.4, -0.2) is 16.4 Å². The van der Waals surface area contributed by atoms with Crippen molar-refractivity contribution in [2.24, 2.45) is 12.9 Å². The van der Waals surface area contributed by atoms with Gasteiger partial charge in [-0.25, -0.2) is 5.90 Å². The Morgan fingerprint density at radius 3 is 2.75 bits per heavy atom. The summed E-state index contributed by atoms with van der Waals surface area (Å²) in [6, 6.07) is 1.97. The second-order valence-electron chi connectivity index (χ2n) is 3.57. The van der Waals surface area contributed by atoms with Crippen LogP contribution in [0, 0.1) is 0 Å². The second kappa shape index (κ2) is 3.25. The topological polar surface area (TPSA) is 53.1 Å². The molecule has 1 rings (SSSR count). The molecule has 0 aliphatic carbocycles. The summed E-state index contributed by atoms with van der Waals surface area (Å²) in [6.45, 7) is 4.56. The van der Waals surface area contributed by atoms with E-state index in [-0.39, 0.29) is 5.41 Å². The lowest BCUT2D eigenvalue weighted by Gasteiger charge is -2.19. The van der Waals surface area contributed by atoms with E-state index >= 15 is 0 Å². The zero-order valence-electron chi connectivity index (χ0n) is 7.74. The lowest BCUT2D eigenvalue weighted by atomic mass is 9.91. The quantitative estimate of drug-likeness (QED) is 0.674. The van der Waals surface area contributed by atoms with Crippen molar-refractivity contribution in [3.63, 3.8) is 0 Å². The molecule has 4 nitrogen and oxygen atoms in total. The number of nitrogens with zero attached hydrogens (tertiary/aromatic N) is 2. The minimum atomic E-state index is -0.115. The van der Waals surface area contributed by atoms with Gasteiger partial charge in [0.15, 0.2) is 0 Å². The van der Waals surface area contributed by atoms with Gasteiger partial charge in [-0.3, -0.25) is 4.68 Å². The molecule has 0 radical (unpaired) electrons. The normalized spacial score (nSPS) is 12.0. The second-order valence-corrected chi connectivity index (χ2v) is 3.57. The van der Waals surface area contributed by atoms with Crippen molar-refractivity contribution < 1.29 is 4.84 Å². The Morgan fingerprint density at radius 2 is 2.33 bits per heavy atom. The first-order chi connectivity index (χ1) is 5.56. The Bertz CT molecular complexity index is 255. The van der Waals surface area contributed by atoms with E-state index in [2.05, 4.69) is 9.94 Å². The highest BCUT2D eigenvalue weighted by Crippen LogP contribution is 2.20. The predicted molar refractivity (Wildman–Crippen MR) is 46.4 cm³/mol. The van der Waals surface area contributed by atoms with E-state index < -0.39 is 0 Å². The third-order valence-electron chi connectivity index (χ3n) is 1.85. The molecule has 2 N–H and O–H groups in total. The van der Waals surface area contributed by atoms with Crippen molar-refractivity contribution in [1.82, 2.24) is 9.78 Å². The molecule has 4 heteroatoms. The van der Waals surface area contributed by atoms with Gasteiger partial charge in [-0.1, -0.05) is 13.8 Å². The Labute approximate surface area is 72.3 Å². The van der Waals surface area contributed by atoms with Crippen LogP contribution in [0.4, 0.5) is 0 Å². The maximum absolute atomic E-state index is 5.02. The monoisotopic (exact) mass is 169 g/mol. The van der Waals surface area contributed by atoms with Crippen LogP contribution in [0.2, 0.25) is 0 Å². The van der Waals surface area contributed by atoms with Gasteiger partial charge in [0.1, 0.15) is 0 Å². The van der Waals surface area contributed by atoms with Gasteiger partial charge in [0.25, 0.3) is 0 Å². The molecule has 0 amide bonds. The van der Waals surface area contributed by atoms with Gasteiger partial charge in [-0.2, -0.15) is 5.10 Å². The number of aromatic nitrogens is 2. The highest BCUT2D eigenvalue weighted by atomic mass is 16.6. The average Bonchev–Trinajstić information content (AvgIpc) is 2.36. The van der Waals surface area contributed by atoms with E-state index in [1.165, 1.54) is 0 Å². The Kier molecular flexibility index (Phi) is 2.49. The summed E-state index contributed by atoms with van der Waals surface area (Å²) in [5.74, 6) is 5.02. The number of rotatable bonds is 3. The summed E-state index contributed by atoms with van der Waals surface area (Å²) in [5, 5.41) is 4.28. The van der Waals surface area contributed by atoms with Gasteiger partial charge in [0.05, 0.1) is 12.3 Å². The van der Waals surface area contributed by atoms with E-state index in [4.69, 9.17) is 5.90 Å². The molecule has 0 atom stereocenters. The summed E-state index contributed by atoms with van der Waals surface area (Å²) < 4.78 is 1.77. The largest absolute Gasteiger partial charge is 0.304 e. The fourth-order valence-electron chi connectivity index (χ4n) is 1.06. The maximum atomic E-state index is 5.02. The SMILES string of the molecule is Cn1ccc(C(C)(C)CON)n1. The summed E-state index contributed by atoms with van der Waals surface area (Å²) in [4.78, 5) is 4.62. The number of nitrogens with two attached hydrogens (primary N) is 1. The molecule has 0 saturated carbocycles. The molecule has 1 aromatic rings. The van der Waals surface area contributed by atoms with Crippen molar-refractivity contribution in [2.45, 2.75) is 19.3 Å². The first-order valence-electron chi connectivity index (χ1n) is 3.88. The molecule has 0 saturated heterocycles. The van der Waals surface area contributed by atoms with Crippen LogP contribution in [-0.2, 0) is 17.3 Å². The molecule has 0 aliphatic rings. The van der Waals surface area contributed by atoms with Crippen LogP contribution in [0.15, 0.2) is 12.3 Å². The Morgan fingerprint density at radius 1 is 1.67 bits per heavy atom. The first-order valence-corrected chi connectivity index (χ1v) is 3.88. The maximum Gasteiger partial charge on any atom is 0.0786 e. The highest BCUT2D eigenvalue weighted by Gasteiger charge is 2.23. The molecule has 12 heavy (non-hydrogen) atoms. The van der Waals surface area contributed by atoms with Crippen molar-refractivity contribution in [3.05, 3.63) is 18.0 Å². The van der Waals surface area contributed by atoms with Gasteiger partial charge in [-0.05, 0) is 6.07 Å². The third kappa shape index (κ3) is 1.84. The Balaban J connectivity index is 2.81. The minimum absolute atomic E-state index is 0.115. The molecule has 0 spiro atoms. The van der Waals surface area contributed by atoms with Crippen LogP contribution < -0.4 is 5.90 Å². The fourth-order valence-corrected chi connectivity index (χ4v) is 1.06. The summed E-state index contributed by atoms with van der Waals surface area (Å²) in [7, 11) is 1.89. The number of hydrogen-bond donors (Lipinski definition) is 1.